The highest BCUT2D eigenvalue weighted by Gasteiger charge is 2.48. The summed E-state index contributed by atoms with van der Waals surface area (Å²) in [6.07, 6.45) is 0. The minimum Gasteiger partial charge on any atom is -0.507 e. The SMILES string of the molecule is CCOc1ccc(Cl)c(/C(O)=C2/C(=O)C(=O)N(c3ccc(C)c(C)c3)C2c2ccc(C)o2)c1. The van der Waals surface area contributed by atoms with Crippen LogP contribution < -0.4 is 9.64 Å². The Morgan fingerprint density at radius 1 is 1.06 bits per heavy atom. The van der Waals surface area contributed by atoms with Crippen LogP contribution in [0.2, 0.25) is 5.02 Å². The van der Waals surface area contributed by atoms with Crippen LogP contribution in [-0.2, 0) is 9.59 Å². The van der Waals surface area contributed by atoms with Crippen molar-refractivity contribution < 1.29 is 23.8 Å². The molecule has 1 fully saturated rings. The second-order valence-electron chi connectivity index (χ2n) is 7.96. The zero-order chi connectivity index (χ0) is 23.9. The number of hydrogen-bond donors (Lipinski definition) is 1. The van der Waals surface area contributed by atoms with Gasteiger partial charge in [-0.25, -0.2) is 0 Å². The maximum atomic E-state index is 13.2. The van der Waals surface area contributed by atoms with E-state index in [0.29, 0.717) is 29.6 Å². The van der Waals surface area contributed by atoms with Gasteiger partial charge in [0.15, 0.2) is 0 Å². The maximum Gasteiger partial charge on any atom is 0.300 e. The number of aliphatic hydroxyl groups excluding tert-OH is 1. The van der Waals surface area contributed by atoms with Gasteiger partial charge < -0.3 is 14.3 Å². The van der Waals surface area contributed by atoms with Crippen LogP contribution in [0.25, 0.3) is 5.76 Å². The molecule has 2 aromatic carbocycles. The van der Waals surface area contributed by atoms with Crippen molar-refractivity contribution in [3.8, 4) is 5.75 Å². The molecule has 1 saturated heterocycles. The Kier molecular flexibility index (Phi) is 6.04. The fourth-order valence-electron chi connectivity index (χ4n) is 3.93. The van der Waals surface area contributed by atoms with Gasteiger partial charge in [-0.15, -0.1) is 0 Å². The summed E-state index contributed by atoms with van der Waals surface area (Å²) < 4.78 is 11.3. The van der Waals surface area contributed by atoms with Crippen molar-refractivity contribution >= 4 is 34.7 Å². The van der Waals surface area contributed by atoms with E-state index >= 15 is 0 Å². The van der Waals surface area contributed by atoms with Gasteiger partial charge in [0.25, 0.3) is 11.7 Å². The van der Waals surface area contributed by atoms with E-state index in [1.807, 2.05) is 32.9 Å². The Labute approximate surface area is 197 Å². The first-order valence-corrected chi connectivity index (χ1v) is 11.0. The number of hydrogen-bond acceptors (Lipinski definition) is 5. The number of aliphatic hydroxyl groups is 1. The molecule has 1 unspecified atom stereocenters. The number of ketones is 1. The van der Waals surface area contributed by atoms with Crippen molar-refractivity contribution in [2.75, 3.05) is 11.5 Å². The molecule has 1 aliphatic rings. The molecule has 0 aliphatic carbocycles. The van der Waals surface area contributed by atoms with Crippen molar-refractivity contribution in [3.05, 3.63) is 87.3 Å². The Morgan fingerprint density at radius 3 is 2.45 bits per heavy atom. The standard InChI is InChI=1S/C26H24ClNO5/c1-5-32-18-9-10-20(27)19(13-18)24(29)22-23(21-11-7-16(4)33-21)28(26(31)25(22)30)17-8-6-14(2)15(3)12-17/h6-13,23,29H,5H2,1-4H3/b24-22-. The molecule has 1 aliphatic heterocycles. The third-order valence-corrected chi connectivity index (χ3v) is 6.08. The summed E-state index contributed by atoms with van der Waals surface area (Å²) in [4.78, 5) is 27.8. The summed E-state index contributed by atoms with van der Waals surface area (Å²) in [7, 11) is 0. The van der Waals surface area contributed by atoms with Crippen LogP contribution >= 0.6 is 11.6 Å². The molecule has 33 heavy (non-hydrogen) atoms. The van der Waals surface area contributed by atoms with Crippen LogP contribution in [0, 0.1) is 20.8 Å². The van der Waals surface area contributed by atoms with Crippen molar-refractivity contribution in [2.45, 2.75) is 33.7 Å². The monoisotopic (exact) mass is 465 g/mol. The molecule has 2 heterocycles. The molecule has 7 heteroatoms. The zero-order valence-electron chi connectivity index (χ0n) is 18.8. The molecule has 0 bridgehead atoms. The largest absolute Gasteiger partial charge is 0.507 e. The van der Waals surface area contributed by atoms with E-state index in [1.165, 1.54) is 4.90 Å². The molecule has 0 saturated carbocycles. The van der Waals surface area contributed by atoms with Crippen LogP contribution in [0.15, 0.2) is 58.5 Å². The van der Waals surface area contributed by atoms with Gasteiger partial charge in [-0.05, 0) is 81.3 Å². The molecule has 4 rings (SSSR count). The fourth-order valence-corrected chi connectivity index (χ4v) is 4.14. The number of carbonyl (C=O) groups excluding carboxylic acids is 2. The normalized spacial score (nSPS) is 17.6. The highest BCUT2D eigenvalue weighted by atomic mass is 35.5. The average Bonchev–Trinajstić information content (AvgIpc) is 3.32. The lowest BCUT2D eigenvalue weighted by Gasteiger charge is -2.24. The van der Waals surface area contributed by atoms with Crippen LogP contribution in [0.3, 0.4) is 0 Å². The van der Waals surface area contributed by atoms with E-state index in [0.717, 1.165) is 11.1 Å². The van der Waals surface area contributed by atoms with Crippen LogP contribution in [0.4, 0.5) is 5.69 Å². The van der Waals surface area contributed by atoms with Crippen LogP contribution in [-0.4, -0.2) is 23.4 Å². The van der Waals surface area contributed by atoms with Gasteiger partial charge in [0, 0.05) is 11.3 Å². The lowest BCUT2D eigenvalue weighted by Crippen LogP contribution is -2.29. The number of amides is 1. The van der Waals surface area contributed by atoms with E-state index < -0.39 is 17.7 Å². The predicted octanol–water partition coefficient (Wildman–Crippen LogP) is 5.88. The highest BCUT2D eigenvalue weighted by Crippen LogP contribution is 2.44. The molecule has 170 valence electrons. The number of anilines is 1. The van der Waals surface area contributed by atoms with Gasteiger partial charge in [-0.2, -0.15) is 0 Å². The first kappa shape index (κ1) is 22.7. The Balaban J connectivity index is 1.95. The summed E-state index contributed by atoms with van der Waals surface area (Å²) in [5.74, 6) is -0.489. The van der Waals surface area contributed by atoms with Crippen LogP contribution in [0.5, 0.6) is 5.75 Å². The smallest absolute Gasteiger partial charge is 0.300 e. The van der Waals surface area contributed by atoms with Crippen LogP contribution in [0.1, 0.15) is 41.2 Å². The van der Waals surface area contributed by atoms with Crippen molar-refractivity contribution in [2.24, 2.45) is 0 Å². The van der Waals surface area contributed by atoms with Crippen molar-refractivity contribution in [1.29, 1.82) is 0 Å². The molecular weight excluding hydrogens is 442 g/mol. The van der Waals surface area contributed by atoms with Gasteiger partial charge in [0.2, 0.25) is 0 Å². The number of furan rings is 1. The fraction of sp³-hybridized carbons (Fsp3) is 0.231. The summed E-state index contributed by atoms with van der Waals surface area (Å²) in [6, 6.07) is 12.8. The summed E-state index contributed by atoms with van der Waals surface area (Å²) >= 11 is 6.36. The van der Waals surface area contributed by atoms with Gasteiger partial charge in [-0.1, -0.05) is 17.7 Å². The van der Waals surface area contributed by atoms with Gasteiger partial charge in [-0.3, -0.25) is 14.5 Å². The number of Topliss-reactive ketones (excluding diaryl/α,β-unsaturated/α-hetero) is 1. The third kappa shape index (κ3) is 4.02. The number of rotatable bonds is 5. The second-order valence-corrected chi connectivity index (χ2v) is 8.37. The van der Waals surface area contributed by atoms with E-state index in [2.05, 4.69) is 0 Å². The molecule has 3 aromatic rings. The maximum absolute atomic E-state index is 13.2. The second kappa shape index (κ2) is 8.79. The number of halogens is 1. The molecular formula is C26H24ClNO5. The van der Waals surface area contributed by atoms with Gasteiger partial charge in [0.1, 0.15) is 29.1 Å². The number of benzene rings is 2. The first-order valence-electron chi connectivity index (χ1n) is 10.6. The van der Waals surface area contributed by atoms with Gasteiger partial charge >= 0.3 is 0 Å². The number of aryl methyl sites for hydroxylation is 3. The lowest BCUT2D eigenvalue weighted by molar-refractivity contribution is -0.132. The Morgan fingerprint density at radius 2 is 1.82 bits per heavy atom. The topological polar surface area (TPSA) is 80.0 Å². The van der Waals surface area contributed by atoms with E-state index in [1.54, 1.807) is 43.3 Å². The third-order valence-electron chi connectivity index (χ3n) is 5.75. The van der Waals surface area contributed by atoms with Gasteiger partial charge in [0.05, 0.1) is 17.2 Å². The Bertz CT molecular complexity index is 1290. The van der Waals surface area contributed by atoms with Crippen molar-refractivity contribution in [1.82, 2.24) is 0 Å². The quantitative estimate of drug-likeness (QED) is 0.289. The lowest BCUT2D eigenvalue weighted by atomic mass is 9.98. The van der Waals surface area contributed by atoms with E-state index in [9.17, 15) is 14.7 Å². The number of ether oxygens (including phenoxy) is 1. The predicted molar refractivity (Wildman–Crippen MR) is 127 cm³/mol. The minimum absolute atomic E-state index is 0.0943. The molecule has 1 amide bonds. The summed E-state index contributed by atoms with van der Waals surface area (Å²) in [5.41, 5.74) is 2.67. The zero-order valence-corrected chi connectivity index (χ0v) is 19.6. The molecule has 1 atom stereocenters. The average molecular weight is 466 g/mol. The molecule has 6 nitrogen and oxygen atoms in total. The number of carbonyl (C=O) groups is 2. The van der Waals surface area contributed by atoms with E-state index in [4.69, 9.17) is 20.8 Å². The van der Waals surface area contributed by atoms with E-state index in [-0.39, 0.29) is 21.9 Å². The number of nitrogens with zero attached hydrogens (tertiary/aromatic N) is 1. The molecule has 1 aromatic heterocycles. The first-order chi connectivity index (χ1) is 15.7. The molecule has 1 N–H and O–H groups in total. The summed E-state index contributed by atoms with van der Waals surface area (Å²) in [6.45, 7) is 7.93. The molecule has 0 spiro atoms. The highest BCUT2D eigenvalue weighted by molar-refractivity contribution is 6.52. The Hall–Kier alpha value is -3.51. The minimum atomic E-state index is -0.951. The molecule has 0 radical (unpaired) electrons. The van der Waals surface area contributed by atoms with Crippen molar-refractivity contribution in [3.63, 3.8) is 0 Å². The summed E-state index contributed by atoms with van der Waals surface area (Å²) in [5, 5.41) is 11.5.